The van der Waals surface area contributed by atoms with Crippen molar-refractivity contribution >= 4 is 11.9 Å². The Balaban J connectivity index is 1.37. The standard InChI is InChI=1S/C23H26FN5O2/c1-16-3-7-18(8-4-16)22-29-20(15-31-22)14-28-23(25-2)27-12-11-26-21(30)13-17-5-9-19(24)10-6-17/h3-10,15H,11-14H2,1-2H3,(H,26,30)(H2,25,27,28). The maximum Gasteiger partial charge on any atom is 0.226 e. The van der Waals surface area contributed by atoms with Crippen molar-refractivity contribution < 1.29 is 13.6 Å². The van der Waals surface area contributed by atoms with Gasteiger partial charge < -0.3 is 20.4 Å². The summed E-state index contributed by atoms with van der Waals surface area (Å²) in [5, 5.41) is 9.11. The molecule has 0 saturated carbocycles. The number of guanidine groups is 1. The van der Waals surface area contributed by atoms with Gasteiger partial charge in [0.25, 0.3) is 0 Å². The summed E-state index contributed by atoms with van der Waals surface area (Å²) in [6, 6.07) is 13.9. The number of benzene rings is 2. The van der Waals surface area contributed by atoms with Gasteiger partial charge in [-0.2, -0.15) is 0 Å². The van der Waals surface area contributed by atoms with Gasteiger partial charge >= 0.3 is 0 Å². The Morgan fingerprint density at radius 1 is 1.03 bits per heavy atom. The molecular formula is C23H26FN5O2. The summed E-state index contributed by atoms with van der Waals surface area (Å²) in [5.74, 6) is 0.725. The second-order valence-corrected chi connectivity index (χ2v) is 7.02. The number of hydrogen-bond donors (Lipinski definition) is 3. The maximum absolute atomic E-state index is 12.9. The minimum Gasteiger partial charge on any atom is -0.444 e. The third-order valence-electron chi connectivity index (χ3n) is 4.53. The molecule has 0 saturated heterocycles. The van der Waals surface area contributed by atoms with Crippen LogP contribution in [0.15, 0.2) is 64.2 Å². The minimum atomic E-state index is -0.316. The van der Waals surface area contributed by atoms with Crippen molar-refractivity contribution in [3.8, 4) is 11.5 Å². The van der Waals surface area contributed by atoms with Crippen LogP contribution in [-0.2, 0) is 17.8 Å². The van der Waals surface area contributed by atoms with E-state index in [1.807, 2.05) is 31.2 Å². The number of carbonyl (C=O) groups excluding carboxylic acids is 1. The summed E-state index contributed by atoms with van der Waals surface area (Å²) in [7, 11) is 1.67. The second kappa shape index (κ2) is 10.9. The molecular weight excluding hydrogens is 397 g/mol. The van der Waals surface area contributed by atoms with E-state index in [0.717, 1.165) is 16.8 Å². The molecule has 162 valence electrons. The van der Waals surface area contributed by atoms with Crippen LogP contribution >= 0.6 is 0 Å². The molecule has 0 aliphatic rings. The summed E-state index contributed by atoms with van der Waals surface area (Å²) in [5.41, 5.74) is 3.63. The highest BCUT2D eigenvalue weighted by atomic mass is 19.1. The lowest BCUT2D eigenvalue weighted by atomic mass is 10.1. The van der Waals surface area contributed by atoms with E-state index < -0.39 is 0 Å². The number of aliphatic imine (C=N–C) groups is 1. The van der Waals surface area contributed by atoms with Gasteiger partial charge in [-0.1, -0.05) is 29.8 Å². The van der Waals surface area contributed by atoms with Crippen molar-refractivity contribution in [2.24, 2.45) is 4.99 Å². The van der Waals surface area contributed by atoms with E-state index in [-0.39, 0.29) is 18.1 Å². The number of carbonyl (C=O) groups is 1. The topological polar surface area (TPSA) is 91.5 Å². The molecule has 0 radical (unpaired) electrons. The first kappa shape index (κ1) is 22.0. The van der Waals surface area contributed by atoms with E-state index in [1.54, 1.807) is 25.4 Å². The van der Waals surface area contributed by atoms with E-state index in [0.29, 0.717) is 31.5 Å². The van der Waals surface area contributed by atoms with Gasteiger partial charge in [0.15, 0.2) is 5.96 Å². The molecule has 0 unspecified atom stereocenters. The zero-order valence-corrected chi connectivity index (χ0v) is 17.6. The van der Waals surface area contributed by atoms with Gasteiger partial charge in [-0.3, -0.25) is 9.79 Å². The zero-order chi connectivity index (χ0) is 22.1. The van der Waals surface area contributed by atoms with Crippen molar-refractivity contribution in [2.45, 2.75) is 19.9 Å². The largest absolute Gasteiger partial charge is 0.444 e. The van der Waals surface area contributed by atoms with Gasteiger partial charge in [0.05, 0.1) is 18.7 Å². The number of nitrogens with zero attached hydrogens (tertiary/aromatic N) is 2. The zero-order valence-electron chi connectivity index (χ0n) is 17.6. The number of nitrogens with one attached hydrogen (secondary N) is 3. The highest BCUT2D eigenvalue weighted by Crippen LogP contribution is 2.18. The van der Waals surface area contributed by atoms with Gasteiger partial charge in [-0.05, 0) is 36.8 Å². The smallest absolute Gasteiger partial charge is 0.226 e. The van der Waals surface area contributed by atoms with Crippen molar-refractivity contribution in [1.29, 1.82) is 0 Å². The van der Waals surface area contributed by atoms with Crippen molar-refractivity contribution in [1.82, 2.24) is 20.9 Å². The molecule has 1 heterocycles. The highest BCUT2D eigenvalue weighted by molar-refractivity contribution is 5.80. The molecule has 1 aromatic heterocycles. The third kappa shape index (κ3) is 6.95. The summed E-state index contributed by atoms with van der Waals surface area (Å²) in [6.07, 6.45) is 1.83. The van der Waals surface area contributed by atoms with Crippen molar-refractivity contribution in [3.05, 3.63) is 77.4 Å². The molecule has 1 amide bonds. The van der Waals surface area contributed by atoms with Crippen LogP contribution in [0, 0.1) is 12.7 Å². The summed E-state index contributed by atoms with van der Waals surface area (Å²) < 4.78 is 18.5. The summed E-state index contributed by atoms with van der Waals surface area (Å²) >= 11 is 0. The third-order valence-corrected chi connectivity index (χ3v) is 4.53. The lowest BCUT2D eigenvalue weighted by molar-refractivity contribution is -0.120. The Kier molecular flexibility index (Phi) is 7.75. The number of hydrogen-bond acceptors (Lipinski definition) is 4. The van der Waals surface area contributed by atoms with Crippen molar-refractivity contribution in [3.63, 3.8) is 0 Å². The van der Waals surface area contributed by atoms with Crippen LogP contribution in [-0.4, -0.2) is 37.0 Å². The van der Waals surface area contributed by atoms with Crippen LogP contribution in [0.1, 0.15) is 16.8 Å². The second-order valence-electron chi connectivity index (χ2n) is 7.02. The average Bonchev–Trinajstić information content (AvgIpc) is 3.24. The molecule has 3 aromatic rings. The van der Waals surface area contributed by atoms with E-state index >= 15 is 0 Å². The van der Waals surface area contributed by atoms with Gasteiger partial charge in [0.1, 0.15) is 12.1 Å². The summed E-state index contributed by atoms with van der Waals surface area (Å²) in [4.78, 5) is 20.6. The molecule has 7 nitrogen and oxygen atoms in total. The van der Waals surface area contributed by atoms with Gasteiger partial charge in [0.2, 0.25) is 11.8 Å². The van der Waals surface area contributed by atoms with Crippen LogP contribution in [0.25, 0.3) is 11.5 Å². The molecule has 0 spiro atoms. The fourth-order valence-electron chi connectivity index (χ4n) is 2.84. The lowest BCUT2D eigenvalue weighted by Crippen LogP contribution is -2.41. The number of oxazole rings is 1. The molecule has 2 aromatic carbocycles. The molecule has 0 fully saturated rings. The Bertz CT molecular complexity index is 1010. The first-order chi connectivity index (χ1) is 15.0. The normalized spacial score (nSPS) is 11.3. The van der Waals surface area contributed by atoms with Crippen LogP contribution in [0.5, 0.6) is 0 Å². The Morgan fingerprint density at radius 2 is 1.74 bits per heavy atom. The fraction of sp³-hybridized carbons (Fsp3) is 0.261. The van der Waals surface area contributed by atoms with Crippen LogP contribution in [0.4, 0.5) is 4.39 Å². The van der Waals surface area contributed by atoms with E-state index in [2.05, 4.69) is 25.9 Å². The number of halogens is 1. The minimum absolute atomic E-state index is 0.123. The van der Waals surface area contributed by atoms with Crippen LogP contribution in [0.3, 0.4) is 0 Å². The molecule has 0 atom stereocenters. The Morgan fingerprint density at radius 3 is 2.45 bits per heavy atom. The van der Waals surface area contributed by atoms with E-state index in [9.17, 15) is 9.18 Å². The quantitative estimate of drug-likeness (QED) is 0.294. The van der Waals surface area contributed by atoms with Crippen molar-refractivity contribution in [2.75, 3.05) is 20.1 Å². The number of aromatic nitrogens is 1. The predicted octanol–water partition coefficient (Wildman–Crippen LogP) is 2.81. The number of aryl methyl sites for hydroxylation is 1. The maximum atomic E-state index is 12.9. The predicted molar refractivity (Wildman–Crippen MR) is 118 cm³/mol. The van der Waals surface area contributed by atoms with Crippen LogP contribution < -0.4 is 16.0 Å². The number of amides is 1. The molecule has 8 heteroatoms. The fourth-order valence-corrected chi connectivity index (χ4v) is 2.84. The lowest BCUT2D eigenvalue weighted by Gasteiger charge is -2.11. The van der Waals surface area contributed by atoms with Gasteiger partial charge in [-0.15, -0.1) is 0 Å². The van der Waals surface area contributed by atoms with E-state index in [4.69, 9.17) is 4.42 Å². The molecule has 3 N–H and O–H groups in total. The first-order valence-electron chi connectivity index (χ1n) is 10.0. The van der Waals surface area contributed by atoms with Gasteiger partial charge in [0, 0.05) is 25.7 Å². The average molecular weight is 423 g/mol. The van der Waals surface area contributed by atoms with E-state index in [1.165, 1.54) is 17.7 Å². The molecule has 0 aliphatic carbocycles. The highest BCUT2D eigenvalue weighted by Gasteiger charge is 2.08. The molecule has 0 aliphatic heterocycles. The first-order valence-corrected chi connectivity index (χ1v) is 10.0. The Hall–Kier alpha value is -3.68. The monoisotopic (exact) mass is 423 g/mol. The number of rotatable bonds is 8. The Labute approximate surface area is 180 Å². The molecule has 3 rings (SSSR count). The SMILES string of the molecule is CN=C(NCCNC(=O)Cc1ccc(F)cc1)NCc1coc(-c2ccc(C)cc2)n1. The molecule has 31 heavy (non-hydrogen) atoms. The van der Waals surface area contributed by atoms with Gasteiger partial charge in [-0.25, -0.2) is 9.37 Å². The van der Waals surface area contributed by atoms with Crippen LogP contribution in [0.2, 0.25) is 0 Å². The summed E-state index contributed by atoms with van der Waals surface area (Å²) in [6.45, 7) is 3.42. The molecule has 0 bridgehead atoms.